The summed E-state index contributed by atoms with van der Waals surface area (Å²) in [6.07, 6.45) is 5.13. The van der Waals surface area contributed by atoms with Crippen LogP contribution in [0.4, 0.5) is 10.5 Å². The molecular formula is C12H8Cl2N2O2. The van der Waals surface area contributed by atoms with Crippen molar-refractivity contribution < 1.29 is 9.59 Å². The summed E-state index contributed by atoms with van der Waals surface area (Å²) in [6.45, 7) is 0.0581. The molecule has 1 aliphatic rings. The Kier molecular flexibility index (Phi) is 3.46. The van der Waals surface area contributed by atoms with Crippen molar-refractivity contribution in [2.45, 2.75) is 0 Å². The van der Waals surface area contributed by atoms with Gasteiger partial charge in [-0.2, -0.15) is 0 Å². The van der Waals surface area contributed by atoms with Gasteiger partial charge in [0.25, 0.3) is 5.91 Å². The lowest BCUT2D eigenvalue weighted by molar-refractivity contribution is -0.116. The molecule has 18 heavy (non-hydrogen) atoms. The zero-order valence-corrected chi connectivity index (χ0v) is 10.7. The Morgan fingerprint density at radius 3 is 2.39 bits per heavy atom. The van der Waals surface area contributed by atoms with Crippen LogP contribution in [-0.4, -0.2) is 29.9 Å². The number of halogens is 2. The Hall–Kier alpha value is -1.70. The average molecular weight is 283 g/mol. The van der Waals surface area contributed by atoms with Crippen LogP contribution in [0.2, 0.25) is 10.0 Å². The van der Waals surface area contributed by atoms with E-state index in [1.807, 2.05) is 0 Å². The molecule has 1 aromatic rings. The maximum Gasteiger partial charge on any atom is 0.332 e. The van der Waals surface area contributed by atoms with Gasteiger partial charge in [0.15, 0.2) is 0 Å². The van der Waals surface area contributed by atoms with Crippen LogP contribution in [0, 0.1) is 12.3 Å². The molecule has 3 amide bonds. The van der Waals surface area contributed by atoms with Crippen LogP contribution in [0.25, 0.3) is 0 Å². The summed E-state index contributed by atoms with van der Waals surface area (Å²) < 4.78 is 0. The lowest BCUT2D eigenvalue weighted by Gasteiger charge is -2.15. The van der Waals surface area contributed by atoms with E-state index >= 15 is 0 Å². The smallest absolute Gasteiger partial charge is 0.303 e. The molecule has 1 saturated heterocycles. The molecule has 0 radical (unpaired) electrons. The van der Waals surface area contributed by atoms with E-state index in [1.54, 1.807) is 0 Å². The molecule has 1 aliphatic heterocycles. The van der Waals surface area contributed by atoms with Gasteiger partial charge in [-0.1, -0.05) is 29.1 Å². The molecule has 1 heterocycles. The van der Waals surface area contributed by atoms with Gasteiger partial charge in [0.1, 0.15) is 6.54 Å². The molecule has 0 saturated carbocycles. The number of urea groups is 1. The number of carbonyl (C=O) groups excluding carboxylic acids is 2. The molecule has 0 aliphatic carbocycles. The van der Waals surface area contributed by atoms with Crippen molar-refractivity contribution in [2.24, 2.45) is 0 Å². The van der Waals surface area contributed by atoms with Crippen LogP contribution in [0.5, 0.6) is 0 Å². The molecule has 4 nitrogen and oxygen atoms in total. The molecule has 2 rings (SSSR count). The third-order valence-corrected chi connectivity index (χ3v) is 2.86. The quantitative estimate of drug-likeness (QED) is 0.617. The summed E-state index contributed by atoms with van der Waals surface area (Å²) in [4.78, 5) is 26.1. The Morgan fingerprint density at radius 2 is 1.83 bits per heavy atom. The number of imide groups is 1. The van der Waals surface area contributed by atoms with Crippen molar-refractivity contribution in [1.29, 1.82) is 0 Å². The summed E-state index contributed by atoms with van der Waals surface area (Å²) >= 11 is 11.7. The van der Waals surface area contributed by atoms with Gasteiger partial charge in [0, 0.05) is 10.0 Å². The van der Waals surface area contributed by atoms with Crippen molar-refractivity contribution in [2.75, 3.05) is 18.0 Å². The van der Waals surface area contributed by atoms with Crippen LogP contribution in [0.1, 0.15) is 0 Å². The molecule has 0 atom stereocenters. The summed E-state index contributed by atoms with van der Waals surface area (Å²) in [5, 5.41) is 0.710. The average Bonchev–Trinajstić information content (AvgIpc) is 2.53. The fourth-order valence-corrected chi connectivity index (χ4v) is 2.22. The highest BCUT2D eigenvalue weighted by Crippen LogP contribution is 2.28. The lowest BCUT2D eigenvalue weighted by atomic mass is 10.3. The minimum absolute atomic E-state index is 0.0346. The molecule has 1 fully saturated rings. The molecule has 6 heteroatoms. The first kappa shape index (κ1) is 12.7. The molecule has 92 valence electrons. The lowest BCUT2D eigenvalue weighted by Crippen LogP contribution is -2.33. The zero-order chi connectivity index (χ0) is 13.3. The summed E-state index contributed by atoms with van der Waals surface area (Å²) in [5.74, 6) is 1.98. The molecule has 0 aromatic heterocycles. The SMILES string of the molecule is C#CCN1CC(=O)N(c2cc(Cl)cc(Cl)c2)C1=O. The summed E-state index contributed by atoms with van der Waals surface area (Å²) in [6, 6.07) is 4.07. The van der Waals surface area contributed by atoms with E-state index in [2.05, 4.69) is 5.92 Å². The molecule has 0 N–H and O–H groups in total. The molecule has 0 bridgehead atoms. The highest BCUT2D eigenvalue weighted by molar-refractivity contribution is 6.35. The van der Waals surface area contributed by atoms with Gasteiger partial charge in [-0.25, -0.2) is 9.69 Å². The number of carbonyl (C=O) groups is 2. The fraction of sp³-hybridized carbons (Fsp3) is 0.167. The highest BCUT2D eigenvalue weighted by Gasteiger charge is 2.36. The predicted molar refractivity (Wildman–Crippen MR) is 69.8 cm³/mol. The third kappa shape index (κ3) is 2.28. The van der Waals surface area contributed by atoms with Crippen molar-refractivity contribution in [3.8, 4) is 12.3 Å². The number of terminal acetylenes is 1. The number of benzene rings is 1. The normalized spacial score (nSPS) is 15.2. The topological polar surface area (TPSA) is 40.6 Å². The first-order valence-corrected chi connectivity index (χ1v) is 5.80. The maximum absolute atomic E-state index is 12.0. The Bertz CT molecular complexity index is 545. The largest absolute Gasteiger partial charge is 0.332 e. The van der Waals surface area contributed by atoms with Gasteiger partial charge in [-0.05, 0) is 18.2 Å². The number of hydrogen-bond donors (Lipinski definition) is 0. The molecule has 1 aromatic carbocycles. The number of rotatable bonds is 2. The van der Waals surface area contributed by atoms with Crippen molar-refractivity contribution in [3.05, 3.63) is 28.2 Å². The first-order valence-electron chi connectivity index (χ1n) is 5.04. The van der Waals surface area contributed by atoms with E-state index in [0.717, 1.165) is 4.90 Å². The van der Waals surface area contributed by atoms with Crippen LogP contribution in [0.3, 0.4) is 0 Å². The third-order valence-electron chi connectivity index (χ3n) is 2.42. The van der Waals surface area contributed by atoms with Gasteiger partial charge < -0.3 is 4.90 Å². The Morgan fingerprint density at radius 1 is 1.22 bits per heavy atom. The minimum atomic E-state index is -0.462. The highest BCUT2D eigenvalue weighted by atomic mass is 35.5. The van der Waals surface area contributed by atoms with Gasteiger partial charge in [0.05, 0.1) is 12.2 Å². The molecule has 0 unspecified atom stereocenters. The number of amides is 3. The fourth-order valence-electron chi connectivity index (χ4n) is 1.71. The van der Waals surface area contributed by atoms with Crippen LogP contribution in [0.15, 0.2) is 18.2 Å². The van der Waals surface area contributed by atoms with E-state index in [4.69, 9.17) is 29.6 Å². The van der Waals surface area contributed by atoms with Gasteiger partial charge in [-0.15, -0.1) is 6.42 Å². The zero-order valence-electron chi connectivity index (χ0n) is 9.19. The standard InChI is InChI=1S/C12H8Cl2N2O2/c1-2-3-15-7-11(17)16(12(15)18)10-5-8(13)4-9(14)6-10/h1,4-6H,3,7H2. The van der Waals surface area contributed by atoms with Crippen LogP contribution < -0.4 is 4.90 Å². The van der Waals surface area contributed by atoms with E-state index in [1.165, 1.54) is 23.1 Å². The van der Waals surface area contributed by atoms with Crippen molar-refractivity contribution >= 4 is 40.8 Å². The number of hydrogen-bond acceptors (Lipinski definition) is 2. The van der Waals surface area contributed by atoms with Gasteiger partial charge >= 0.3 is 6.03 Å². The van der Waals surface area contributed by atoms with E-state index < -0.39 is 6.03 Å². The number of anilines is 1. The predicted octanol–water partition coefficient (Wildman–Crippen LogP) is 2.40. The second-order valence-electron chi connectivity index (χ2n) is 3.70. The monoisotopic (exact) mass is 282 g/mol. The summed E-state index contributed by atoms with van der Waals surface area (Å²) in [5.41, 5.74) is 0.349. The van der Waals surface area contributed by atoms with Crippen molar-refractivity contribution in [1.82, 2.24) is 4.90 Å². The maximum atomic E-state index is 12.0. The Labute approximate surface area is 114 Å². The second-order valence-corrected chi connectivity index (χ2v) is 4.57. The Balaban J connectivity index is 2.36. The number of nitrogens with zero attached hydrogens (tertiary/aromatic N) is 2. The van der Waals surface area contributed by atoms with E-state index in [9.17, 15) is 9.59 Å². The minimum Gasteiger partial charge on any atom is -0.303 e. The van der Waals surface area contributed by atoms with Crippen LogP contribution >= 0.6 is 23.2 Å². The molecular weight excluding hydrogens is 275 g/mol. The van der Waals surface area contributed by atoms with Crippen molar-refractivity contribution in [3.63, 3.8) is 0 Å². The van der Waals surface area contributed by atoms with E-state index in [-0.39, 0.29) is 19.0 Å². The molecule has 0 spiro atoms. The van der Waals surface area contributed by atoms with Gasteiger partial charge in [0.2, 0.25) is 0 Å². The summed E-state index contributed by atoms with van der Waals surface area (Å²) in [7, 11) is 0. The van der Waals surface area contributed by atoms with Gasteiger partial charge in [-0.3, -0.25) is 4.79 Å². The first-order chi connectivity index (χ1) is 8.52. The second kappa shape index (κ2) is 4.89. The van der Waals surface area contributed by atoms with Crippen LogP contribution in [-0.2, 0) is 4.79 Å². The van der Waals surface area contributed by atoms with E-state index in [0.29, 0.717) is 15.7 Å².